The molecule has 0 aromatic carbocycles. The van der Waals surface area contributed by atoms with Gasteiger partial charge in [0.2, 0.25) is 0 Å². The lowest BCUT2D eigenvalue weighted by Gasteiger charge is -2.32. The Balaban J connectivity index is 2.16. The maximum absolute atomic E-state index is 5.05. The molecular weight excluding hydrogens is 152 g/mol. The second-order valence-corrected chi connectivity index (χ2v) is 3.42. The predicted molar refractivity (Wildman–Crippen MR) is 50.4 cm³/mol. The summed E-state index contributed by atoms with van der Waals surface area (Å²) in [6.07, 6.45) is 2.63. The molecule has 0 aliphatic carbocycles. The van der Waals surface area contributed by atoms with Crippen molar-refractivity contribution in [3.05, 3.63) is 0 Å². The van der Waals surface area contributed by atoms with Gasteiger partial charge in [-0.25, -0.2) is 0 Å². The van der Waals surface area contributed by atoms with Crippen LogP contribution in [0.5, 0.6) is 0 Å². The molecule has 3 nitrogen and oxygen atoms in total. The van der Waals surface area contributed by atoms with Crippen LogP contribution in [0.1, 0.15) is 12.8 Å². The van der Waals surface area contributed by atoms with E-state index in [4.69, 9.17) is 4.74 Å². The van der Waals surface area contributed by atoms with Crippen molar-refractivity contribution in [2.75, 3.05) is 40.4 Å². The molecule has 1 fully saturated rings. The van der Waals surface area contributed by atoms with Crippen LogP contribution in [0.2, 0.25) is 0 Å². The molecule has 1 N–H and O–H groups in total. The Kier molecular flexibility index (Phi) is 4.58. The van der Waals surface area contributed by atoms with E-state index in [9.17, 15) is 0 Å². The van der Waals surface area contributed by atoms with E-state index in [2.05, 4.69) is 10.2 Å². The maximum atomic E-state index is 5.05. The van der Waals surface area contributed by atoms with Crippen molar-refractivity contribution in [2.24, 2.45) is 0 Å². The van der Waals surface area contributed by atoms with Crippen LogP contribution in [0, 0.1) is 0 Å². The zero-order chi connectivity index (χ0) is 8.81. The van der Waals surface area contributed by atoms with Gasteiger partial charge in [-0.1, -0.05) is 0 Å². The highest BCUT2D eigenvalue weighted by atomic mass is 16.5. The van der Waals surface area contributed by atoms with Crippen molar-refractivity contribution < 1.29 is 4.74 Å². The zero-order valence-electron chi connectivity index (χ0n) is 8.18. The first kappa shape index (κ1) is 9.96. The SMILES string of the molecule is CNC1CCCN(CCOC)C1. The number of hydrogen-bond acceptors (Lipinski definition) is 3. The van der Waals surface area contributed by atoms with Gasteiger partial charge >= 0.3 is 0 Å². The summed E-state index contributed by atoms with van der Waals surface area (Å²) in [6.45, 7) is 4.35. The number of ether oxygens (including phenoxy) is 1. The van der Waals surface area contributed by atoms with Gasteiger partial charge < -0.3 is 10.1 Å². The van der Waals surface area contributed by atoms with E-state index < -0.39 is 0 Å². The van der Waals surface area contributed by atoms with Gasteiger partial charge in [0.05, 0.1) is 6.61 Å². The van der Waals surface area contributed by atoms with Crippen molar-refractivity contribution >= 4 is 0 Å². The van der Waals surface area contributed by atoms with Gasteiger partial charge in [-0.2, -0.15) is 0 Å². The second kappa shape index (κ2) is 5.51. The van der Waals surface area contributed by atoms with Crippen LogP contribution in [0.3, 0.4) is 0 Å². The quantitative estimate of drug-likeness (QED) is 0.661. The van der Waals surface area contributed by atoms with E-state index in [1.54, 1.807) is 7.11 Å². The summed E-state index contributed by atoms with van der Waals surface area (Å²) in [4.78, 5) is 2.47. The molecule has 72 valence electrons. The summed E-state index contributed by atoms with van der Waals surface area (Å²) in [7, 11) is 3.81. The molecule has 3 heteroatoms. The Morgan fingerprint density at radius 3 is 3.08 bits per heavy atom. The Morgan fingerprint density at radius 1 is 1.58 bits per heavy atom. The molecule has 0 spiro atoms. The standard InChI is InChI=1S/C9H20N2O/c1-10-9-4-3-5-11(8-9)6-7-12-2/h9-10H,3-8H2,1-2H3. The number of rotatable bonds is 4. The highest BCUT2D eigenvalue weighted by Gasteiger charge is 2.17. The Hall–Kier alpha value is -0.120. The Labute approximate surface area is 75.1 Å². The smallest absolute Gasteiger partial charge is 0.0589 e. The van der Waals surface area contributed by atoms with Gasteiger partial charge in [0, 0.05) is 26.2 Å². The summed E-state index contributed by atoms with van der Waals surface area (Å²) >= 11 is 0. The first-order chi connectivity index (χ1) is 5.86. The van der Waals surface area contributed by atoms with Crippen LogP contribution in [-0.4, -0.2) is 51.3 Å². The summed E-state index contributed by atoms with van der Waals surface area (Å²) in [6, 6.07) is 0.690. The van der Waals surface area contributed by atoms with Crippen molar-refractivity contribution in [2.45, 2.75) is 18.9 Å². The van der Waals surface area contributed by atoms with Crippen LogP contribution in [-0.2, 0) is 4.74 Å². The highest BCUT2D eigenvalue weighted by molar-refractivity contribution is 4.76. The Bertz CT molecular complexity index is 119. The minimum Gasteiger partial charge on any atom is -0.383 e. The van der Waals surface area contributed by atoms with Gasteiger partial charge in [0.1, 0.15) is 0 Å². The normalized spacial score (nSPS) is 26.0. The second-order valence-electron chi connectivity index (χ2n) is 3.42. The molecule has 1 aliphatic rings. The lowest BCUT2D eigenvalue weighted by atomic mass is 10.1. The summed E-state index contributed by atoms with van der Waals surface area (Å²) in [5.74, 6) is 0. The van der Waals surface area contributed by atoms with Crippen LogP contribution in [0.4, 0.5) is 0 Å². The average Bonchev–Trinajstić information content (AvgIpc) is 2.15. The Morgan fingerprint density at radius 2 is 2.42 bits per heavy atom. The van der Waals surface area contributed by atoms with Crippen LogP contribution in [0.15, 0.2) is 0 Å². The largest absolute Gasteiger partial charge is 0.383 e. The molecule has 0 radical (unpaired) electrons. The zero-order valence-corrected chi connectivity index (χ0v) is 8.18. The molecule has 1 unspecified atom stereocenters. The van der Waals surface area contributed by atoms with E-state index in [1.807, 2.05) is 7.05 Å². The first-order valence-corrected chi connectivity index (χ1v) is 4.75. The topological polar surface area (TPSA) is 24.5 Å². The van der Waals surface area contributed by atoms with Crippen LogP contribution < -0.4 is 5.32 Å². The van der Waals surface area contributed by atoms with E-state index in [-0.39, 0.29) is 0 Å². The third-order valence-electron chi connectivity index (χ3n) is 2.53. The number of nitrogens with one attached hydrogen (secondary N) is 1. The number of methoxy groups -OCH3 is 1. The number of likely N-dealkylation sites (N-methyl/N-ethyl adjacent to an activating group) is 1. The van der Waals surface area contributed by atoms with E-state index in [1.165, 1.54) is 25.9 Å². The van der Waals surface area contributed by atoms with E-state index in [0.717, 1.165) is 13.2 Å². The molecule has 12 heavy (non-hydrogen) atoms. The minimum atomic E-state index is 0.690. The fourth-order valence-corrected chi connectivity index (χ4v) is 1.71. The van der Waals surface area contributed by atoms with Crippen molar-refractivity contribution in [3.63, 3.8) is 0 Å². The molecule has 1 rings (SSSR count). The van der Waals surface area contributed by atoms with Crippen molar-refractivity contribution in [1.82, 2.24) is 10.2 Å². The highest BCUT2D eigenvalue weighted by Crippen LogP contribution is 2.08. The molecule has 0 amide bonds. The van der Waals surface area contributed by atoms with Gasteiger partial charge in [-0.3, -0.25) is 4.90 Å². The number of nitrogens with zero attached hydrogens (tertiary/aromatic N) is 1. The minimum absolute atomic E-state index is 0.690. The van der Waals surface area contributed by atoms with Crippen molar-refractivity contribution in [1.29, 1.82) is 0 Å². The van der Waals surface area contributed by atoms with Gasteiger partial charge in [-0.15, -0.1) is 0 Å². The van der Waals surface area contributed by atoms with Crippen LogP contribution >= 0.6 is 0 Å². The molecule has 0 aromatic heterocycles. The van der Waals surface area contributed by atoms with E-state index >= 15 is 0 Å². The van der Waals surface area contributed by atoms with E-state index in [0.29, 0.717) is 6.04 Å². The third-order valence-corrected chi connectivity index (χ3v) is 2.53. The molecule has 1 saturated heterocycles. The van der Waals surface area contributed by atoms with Crippen LogP contribution in [0.25, 0.3) is 0 Å². The van der Waals surface area contributed by atoms with Gasteiger partial charge in [-0.05, 0) is 26.4 Å². The average molecular weight is 172 g/mol. The summed E-state index contributed by atoms with van der Waals surface area (Å²) < 4.78 is 5.05. The monoisotopic (exact) mass is 172 g/mol. The first-order valence-electron chi connectivity index (χ1n) is 4.75. The van der Waals surface area contributed by atoms with Crippen molar-refractivity contribution in [3.8, 4) is 0 Å². The summed E-state index contributed by atoms with van der Waals surface area (Å²) in [5.41, 5.74) is 0. The summed E-state index contributed by atoms with van der Waals surface area (Å²) in [5, 5.41) is 3.33. The maximum Gasteiger partial charge on any atom is 0.0589 e. The molecule has 1 heterocycles. The van der Waals surface area contributed by atoms with Gasteiger partial charge in [0.25, 0.3) is 0 Å². The lowest BCUT2D eigenvalue weighted by Crippen LogP contribution is -2.45. The molecule has 1 aliphatic heterocycles. The third kappa shape index (κ3) is 3.09. The molecule has 0 saturated carbocycles. The number of hydrogen-bond donors (Lipinski definition) is 1. The fourth-order valence-electron chi connectivity index (χ4n) is 1.71. The molecular formula is C9H20N2O. The predicted octanol–water partition coefficient (Wildman–Crippen LogP) is 0.317. The number of piperidine rings is 1. The van der Waals surface area contributed by atoms with Gasteiger partial charge in [0.15, 0.2) is 0 Å². The number of likely N-dealkylation sites (tertiary alicyclic amines) is 1. The molecule has 0 aromatic rings. The molecule has 0 bridgehead atoms. The molecule has 1 atom stereocenters. The fraction of sp³-hybridized carbons (Fsp3) is 1.00. The lowest BCUT2D eigenvalue weighted by molar-refractivity contribution is 0.124.